The molecule has 112 valence electrons. The lowest BCUT2D eigenvalue weighted by molar-refractivity contribution is -0.118. The predicted molar refractivity (Wildman–Crippen MR) is 76.0 cm³/mol. The minimum atomic E-state index is -0.602. The van der Waals surface area contributed by atoms with E-state index < -0.39 is 6.10 Å². The molecule has 0 saturated heterocycles. The van der Waals surface area contributed by atoms with Crippen LogP contribution in [-0.4, -0.2) is 50.5 Å². The molecule has 6 heteroatoms. The molecule has 1 aromatic carbocycles. The van der Waals surface area contributed by atoms with E-state index in [1.807, 2.05) is 0 Å². The Bertz CT molecular complexity index is 395. The fraction of sp³-hybridized carbons (Fsp3) is 0.500. The molecule has 0 fully saturated rings. The van der Waals surface area contributed by atoms with Crippen molar-refractivity contribution < 1.29 is 19.4 Å². The van der Waals surface area contributed by atoms with Crippen molar-refractivity contribution in [2.45, 2.75) is 13.0 Å². The third kappa shape index (κ3) is 6.96. The van der Waals surface area contributed by atoms with Gasteiger partial charge in [0, 0.05) is 26.6 Å². The lowest BCUT2D eigenvalue weighted by atomic mass is 10.3. The molecule has 1 atom stereocenters. The number of aliphatic hydroxyl groups is 1. The Labute approximate surface area is 119 Å². The topological polar surface area (TPSA) is 79.8 Å². The highest BCUT2D eigenvalue weighted by Gasteiger charge is 2.05. The highest BCUT2D eigenvalue weighted by atomic mass is 16.5. The molecule has 0 heterocycles. The lowest BCUT2D eigenvalue weighted by Crippen LogP contribution is -2.36. The number of hydrogen-bond acceptors (Lipinski definition) is 5. The Morgan fingerprint density at radius 3 is 2.50 bits per heavy atom. The van der Waals surface area contributed by atoms with Crippen molar-refractivity contribution >= 4 is 5.91 Å². The van der Waals surface area contributed by atoms with Gasteiger partial charge in [-0.25, -0.2) is 0 Å². The van der Waals surface area contributed by atoms with E-state index in [1.165, 1.54) is 6.92 Å². The van der Waals surface area contributed by atoms with Gasteiger partial charge in [-0.3, -0.25) is 4.79 Å². The largest absolute Gasteiger partial charge is 0.497 e. The molecule has 0 aromatic heterocycles. The number of ether oxygens (including phenoxy) is 2. The molecule has 0 aliphatic rings. The van der Waals surface area contributed by atoms with E-state index in [4.69, 9.17) is 9.47 Å². The number of hydrogen-bond donors (Lipinski definition) is 3. The van der Waals surface area contributed by atoms with Gasteiger partial charge in [0.05, 0.1) is 7.11 Å². The molecule has 0 bridgehead atoms. The third-order valence-electron chi connectivity index (χ3n) is 2.56. The van der Waals surface area contributed by atoms with Crippen molar-refractivity contribution in [3.8, 4) is 11.5 Å². The molecule has 0 aliphatic carbocycles. The van der Waals surface area contributed by atoms with E-state index in [-0.39, 0.29) is 12.5 Å². The molecule has 3 N–H and O–H groups in total. The van der Waals surface area contributed by atoms with Crippen LogP contribution in [0.25, 0.3) is 0 Å². The fourth-order valence-electron chi connectivity index (χ4n) is 1.52. The third-order valence-corrected chi connectivity index (χ3v) is 2.56. The Balaban J connectivity index is 2.12. The number of amides is 1. The maximum atomic E-state index is 10.6. The molecule has 0 radical (unpaired) electrons. The second-order valence-electron chi connectivity index (χ2n) is 4.33. The van der Waals surface area contributed by atoms with Gasteiger partial charge in [0.25, 0.3) is 0 Å². The van der Waals surface area contributed by atoms with Crippen LogP contribution in [0.15, 0.2) is 24.3 Å². The van der Waals surface area contributed by atoms with Crippen LogP contribution in [0.4, 0.5) is 0 Å². The second-order valence-corrected chi connectivity index (χ2v) is 4.33. The van der Waals surface area contributed by atoms with Crippen LogP contribution >= 0.6 is 0 Å². The summed E-state index contributed by atoms with van der Waals surface area (Å²) < 4.78 is 10.5. The molecular weight excluding hydrogens is 260 g/mol. The Kier molecular flexibility index (Phi) is 7.46. The first-order valence-electron chi connectivity index (χ1n) is 6.52. The van der Waals surface area contributed by atoms with Crippen molar-refractivity contribution in [1.82, 2.24) is 10.6 Å². The summed E-state index contributed by atoms with van der Waals surface area (Å²) in [5.74, 6) is 1.39. The van der Waals surface area contributed by atoms with Gasteiger partial charge in [-0.15, -0.1) is 0 Å². The van der Waals surface area contributed by atoms with Gasteiger partial charge < -0.3 is 25.2 Å². The van der Waals surface area contributed by atoms with Crippen LogP contribution in [0.2, 0.25) is 0 Å². The molecule has 6 nitrogen and oxygen atoms in total. The normalized spacial score (nSPS) is 11.8. The van der Waals surface area contributed by atoms with Gasteiger partial charge in [-0.2, -0.15) is 0 Å². The molecule has 1 unspecified atom stereocenters. The average molecular weight is 282 g/mol. The maximum Gasteiger partial charge on any atom is 0.216 e. The van der Waals surface area contributed by atoms with E-state index in [1.54, 1.807) is 31.4 Å². The number of carbonyl (C=O) groups excluding carboxylic acids is 1. The Morgan fingerprint density at radius 1 is 1.25 bits per heavy atom. The first-order valence-corrected chi connectivity index (χ1v) is 6.52. The fourth-order valence-corrected chi connectivity index (χ4v) is 1.52. The van der Waals surface area contributed by atoms with E-state index in [9.17, 15) is 9.90 Å². The first-order chi connectivity index (χ1) is 9.61. The first kappa shape index (κ1) is 16.3. The van der Waals surface area contributed by atoms with Gasteiger partial charge >= 0.3 is 0 Å². The number of aliphatic hydroxyl groups excluding tert-OH is 1. The maximum absolute atomic E-state index is 10.6. The molecule has 0 aliphatic heterocycles. The summed E-state index contributed by atoms with van der Waals surface area (Å²) in [5, 5.41) is 15.4. The smallest absolute Gasteiger partial charge is 0.216 e. The van der Waals surface area contributed by atoms with Crippen LogP contribution in [0.5, 0.6) is 11.5 Å². The van der Waals surface area contributed by atoms with Crippen LogP contribution in [0.1, 0.15) is 6.92 Å². The van der Waals surface area contributed by atoms with Gasteiger partial charge in [-0.1, -0.05) is 0 Å². The van der Waals surface area contributed by atoms with Crippen LogP contribution in [-0.2, 0) is 4.79 Å². The quantitative estimate of drug-likeness (QED) is 0.562. The summed E-state index contributed by atoms with van der Waals surface area (Å²) in [5.41, 5.74) is 0. The lowest BCUT2D eigenvalue weighted by Gasteiger charge is -2.13. The monoisotopic (exact) mass is 282 g/mol. The predicted octanol–water partition coefficient (Wildman–Crippen LogP) is 0.161. The van der Waals surface area contributed by atoms with Crippen LogP contribution < -0.4 is 20.1 Å². The zero-order chi connectivity index (χ0) is 14.8. The summed E-state index contributed by atoms with van der Waals surface area (Å²) >= 11 is 0. The highest BCUT2D eigenvalue weighted by Crippen LogP contribution is 2.16. The zero-order valence-electron chi connectivity index (χ0n) is 11.9. The molecule has 0 spiro atoms. The summed E-state index contributed by atoms with van der Waals surface area (Å²) in [6.45, 7) is 3.24. The van der Waals surface area contributed by atoms with Gasteiger partial charge in [0.2, 0.25) is 5.91 Å². The highest BCUT2D eigenvalue weighted by molar-refractivity contribution is 5.72. The second kappa shape index (κ2) is 9.17. The number of benzene rings is 1. The van der Waals surface area contributed by atoms with Crippen molar-refractivity contribution in [1.29, 1.82) is 0 Å². The van der Waals surface area contributed by atoms with E-state index in [2.05, 4.69) is 10.6 Å². The Hall–Kier alpha value is -1.79. The van der Waals surface area contributed by atoms with Gasteiger partial charge in [-0.05, 0) is 24.3 Å². The summed E-state index contributed by atoms with van der Waals surface area (Å²) in [4.78, 5) is 10.6. The van der Waals surface area contributed by atoms with Crippen LogP contribution in [0, 0.1) is 0 Å². The SMILES string of the molecule is COc1ccc(OCC(O)CNCCNC(C)=O)cc1. The average Bonchev–Trinajstić information content (AvgIpc) is 2.45. The minimum absolute atomic E-state index is 0.0600. The van der Waals surface area contributed by atoms with Crippen molar-refractivity contribution in [3.63, 3.8) is 0 Å². The van der Waals surface area contributed by atoms with Crippen molar-refractivity contribution in [2.75, 3.05) is 33.4 Å². The number of carbonyl (C=O) groups is 1. The van der Waals surface area contributed by atoms with Crippen LogP contribution in [0.3, 0.4) is 0 Å². The van der Waals surface area contributed by atoms with E-state index in [0.717, 1.165) is 5.75 Å². The minimum Gasteiger partial charge on any atom is -0.497 e. The number of methoxy groups -OCH3 is 1. The summed E-state index contributed by atoms with van der Waals surface area (Å²) in [6, 6.07) is 7.17. The summed E-state index contributed by atoms with van der Waals surface area (Å²) in [6.07, 6.45) is -0.602. The Morgan fingerprint density at radius 2 is 1.90 bits per heavy atom. The molecule has 0 saturated carbocycles. The molecule has 1 amide bonds. The summed E-state index contributed by atoms with van der Waals surface area (Å²) in [7, 11) is 1.60. The van der Waals surface area contributed by atoms with Crippen molar-refractivity contribution in [2.24, 2.45) is 0 Å². The molecular formula is C14H22N2O4. The molecule has 20 heavy (non-hydrogen) atoms. The van der Waals surface area contributed by atoms with E-state index in [0.29, 0.717) is 25.4 Å². The number of rotatable bonds is 9. The van der Waals surface area contributed by atoms with Gasteiger partial charge in [0.15, 0.2) is 0 Å². The van der Waals surface area contributed by atoms with Crippen molar-refractivity contribution in [3.05, 3.63) is 24.3 Å². The molecule has 1 rings (SSSR count). The van der Waals surface area contributed by atoms with E-state index >= 15 is 0 Å². The zero-order valence-corrected chi connectivity index (χ0v) is 11.9. The standard InChI is InChI=1S/C14H22N2O4/c1-11(17)16-8-7-15-9-12(18)10-20-14-5-3-13(19-2)4-6-14/h3-6,12,15,18H,7-10H2,1-2H3,(H,16,17). The molecule has 1 aromatic rings. The number of nitrogens with one attached hydrogen (secondary N) is 2. The van der Waals surface area contributed by atoms with Gasteiger partial charge in [0.1, 0.15) is 24.2 Å².